The fourth-order valence-electron chi connectivity index (χ4n) is 3.76. The minimum Gasteiger partial charge on any atom is -0.319 e. The van der Waals surface area contributed by atoms with E-state index >= 15 is 0 Å². The van der Waals surface area contributed by atoms with Crippen LogP contribution in [0.2, 0.25) is 0 Å². The summed E-state index contributed by atoms with van der Waals surface area (Å²) >= 11 is 0. The highest BCUT2D eigenvalue weighted by Crippen LogP contribution is 2.26. The van der Waals surface area contributed by atoms with Crippen LogP contribution in [-0.2, 0) is 10.0 Å². The summed E-state index contributed by atoms with van der Waals surface area (Å²) in [5.74, 6) is 0.291. The average molecular weight is 460 g/mol. The summed E-state index contributed by atoms with van der Waals surface area (Å²) < 4.78 is 27.3. The second-order valence-corrected chi connectivity index (χ2v) is 9.63. The van der Waals surface area contributed by atoms with E-state index in [1.807, 2.05) is 60.7 Å². The number of sulfonamides is 1. The maximum atomic E-state index is 12.9. The normalized spacial score (nSPS) is 14.8. The molecule has 5 rings (SSSR count). The van der Waals surface area contributed by atoms with Crippen molar-refractivity contribution in [3.05, 3.63) is 90.8 Å². The molecule has 0 spiro atoms. The van der Waals surface area contributed by atoms with Gasteiger partial charge in [0, 0.05) is 17.8 Å². The number of nitrogens with one attached hydrogen (secondary N) is 1. The van der Waals surface area contributed by atoms with Gasteiger partial charge in [0.1, 0.15) is 0 Å². The minimum atomic E-state index is -3.25. The molecule has 1 fully saturated rings. The van der Waals surface area contributed by atoms with Crippen molar-refractivity contribution in [2.45, 2.75) is 6.42 Å². The zero-order valence-electron chi connectivity index (χ0n) is 17.6. The van der Waals surface area contributed by atoms with Crippen molar-refractivity contribution in [2.24, 2.45) is 0 Å². The van der Waals surface area contributed by atoms with Crippen molar-refractivity contribution < 1.29 is 13.2 Å². The van der Waals surface area contributed by atoms with Crippen molar-refractivity contribution in [1.29, 1.82) is 0 Å². The Kier molecular flexibility index (Phi) is 5.39. The molecule has 0 aliphatic carbocycles. The van der Waals surface area contributed by atoms with Crippen LogP contribution in [0.5, 0.6) is 0 Å². The Labute approximate surface area is 191 Å². The van der Waals surface area contributed by atoms with Crippen molar-refractivity contribution in [3.8, 4) is 17.1 Å². The third kappa shape index (κ3) is 4.22. The lowest BCUT2D eigenvalue weighted by atomic mass is 10.2. The molecule has 0 saturated carbocycles. The first kappa shape index (κ1) is 20.9. The molecule has 1 aliphatic heterocycles. The highest BCUT2D eigenvalue weighted by molar-refractivity contribution is 7.93. The van der Waals surface area contributed by atoms with Crippen LogP contribution in [0.15, 0.2) is 84.9 Å². The van der Waals surface area contributed by atoms with Gasteiger partial charge < -0.3 is 5.32 Å². The number of aromatic nitrogens is 3. The topological polar surface area (TPSA) is 97.2 Å². The number of carbonyl (C=O) groups is 1. The molecule has 2 heterocycles. The summed E-state index contributed by atoms with van der Waals surface area (Å²) in [5.41, 5.74) is 2.74. The number of hydrogen-bond acceptors (Lipinski definition) is 5. The number of hydrogen-bond donors (Lipinski definition) is 1. The maximum absolute atomic E-state index is 12.9. The summed E-state index contributed by atoms with van der Waals surface area (Å²) in [7, 11) is -3.25. The zero-order chi connectivity index (χ0) is 22.8. The number of amides is 1. The first-order chi connectivity index (χ1) is 16.0. The molecule has 4 aromatic rings. The lowest BCUT2D eigenvalue weighted by molar-refractivity contribution is 0.101. The Morgan fingerprint density at radius 2 is 1.52 bits per heavy atom. The lowest BCUT2D eigenvalue weighted by Gasteiger charge is -2.17. The molecule has 1 saturated heterocycles. The highest BCUT2D eigenvalue weighted by atomic mass is 32.2. The third-order valence-electron chi connectivity index (χ3n) is 5.36. The molecule has 1 amide bonds. The van der Waals surface area contributed by atoms with E-state index in [1.165, 1.54) is 4.31 Å². The first-order valence-electron chi connectivity index (χ1n) is 10.5. The van der Waals surface area contributed by atoms with Gasteiger partial charge in [0.05, 0.1) is 17.1 Å². The molecule has 9 heteroatoms. The van der Waals surface area contributed by atoms with Crippen LogP contribution in [0, 0.1) is 0 Å². The molecule has 0 bridgehead atoms. The SMILES string of the molecule is O=C(Nc1ccc(N2CCCS2(=O)=O)cc1)c1nc(-c2ccccc2)n(-c2ccccc2)n1. The fourth-order valence-corrected chi connectivity index (χ4v) is 5.32. The molecule has 0 radical (unpaired) electrons. The Hall–Kier alpha value is -3.98. The number of rotatable bonds is 5. The van der Waals surface area contributed by atoms with Gasteiger partial charge in [-0.1, -0.05) is 48.5 Å². The van der Waals surface area contributed by atoms with E-state index in [0.717, 1.165) is 11.3 Å². The van der Waals surface area contributed by atoms with E-state index in [2.05, 4.69) is 15.4 Å². The number of carbonyl (C=O) groups excluding carboxylic acids is 1. The van der Waals surface area contributed by atoms with Crippen molar-refractivity contribution in [3.63, 3.8) is 0 Å². The standard InChI is InChI=1S/C24H21N5O3S/c30-24(25-19-12-14-20(15-13-19)28-16-7-17-33(28,31)32)22-26-23(18-8-3-1-4-9-18)29(27-22)21-10-5-2-6-11-21/h1-6,8-15H,7,16-17H2,(H,25,30). The van der Waals surface area contributed by atoms with Gasteiger partial charge in [0.25, 0.3) is 5.91 Å². The molecule has 166 valence electrons. The van der Waals surface area contributed by atoms with Crippen LogP contribution in [0.1, 0.15) is 17.0 Å². The van der Waals surface area contributed by atoms with E-state index in [0.29, 0.717) is 30.2 Å². The van der Waals surface area contributed by atoms with Gasteiger partial charge in [0.2, 0.25) is 15.8 Å². The van der Waals surface area contributed by atoms with Crippen LogP contribution < -0.4 is 9.62 Å². The molecular formula is C24H21N5O3S. The van der Waals surface area contributed by atoms with E-state index < -0.39 is 15.9 Å². The maximum Gasteiger partial charge on any atom is 0.295 e. The van der Waals surface area contributed by atoms with E-state index in [-0.39, 0.29) is 11.6 Å². The van der Waals surface area contributed by atoms with Crippen molar-refractivity contribution in [1.82, 2.24) is 14.8 Å². The number of para-hydroxylation sites is 1. The second-order valence-electron chi connectivity index (χ2n) is 7.62. The van der Waals surface area contributed by atoms with Crippen LogP contribution in [0.3, 0.4) is 0 Å². The van der Waals surface area contributed by atoms with Gasteiger partial charge in [-0.25, -0.2) is 18.1 Å². The van der Waals surface area contributed by atoms with E-state index in [4.69, 9.17) is 0 Å². The minimum absolute atomic E-state index is 0.0314. The predicted octanol–water partition coefficient (Wildman–Crippen LogP) is 3.73. The van der Waals surface area contributed by atoms with Crippen LogP contribution >= 0.6 is 0 Å². The number of anilines is 2. The van der Waals surface area contributed by atoms with Crippen LogP contribution in [0.4, 0.5) is 11.4 Å². The quantitative estimate of drug-likeness (QED) is 0.491. The molecule has 8 nitrogen and oxygen atoms in total. The van der Waals surface area contributed by atoms with Crippen molar-refractivity contribution in [2.75, 3.05) is 21.9 Å². The molecular weight excluding hydrogens is 438 g/mol. The fraction of sp³-hybridized carbons (Fsp3) is 0.125. The first-order valence-corrected chi connectivity index (χ1v) is 12.1. The van der Waals surface area contributed by atoms with Crippen LogP contribution in [0.25, 0.3) is 17.1 Å². The molecule has 3 aromatic carbocycles. The van der Waals surface area contributed by atoms with Gasteiger partial charge >= 0.3 is 0 Å². The van der Waals surface area contributed by atoms with Crippen molar-refractivity contribution >= 4 is 27.3 Å². The van der Waals surface area contributed by atoms with E-state index in [9.17, 15) is 13.2 Å². The van der Waals surface area contributed by atoms with Gasteiger partial charge in [-0.3, -0.25) is 9.10 Å². The molecule has 33 heavy (non-hydrogen) atoms. The molecule has 0 unspecified atom stereocenters. The Bertz CT molecular complexity index is 1330. The molecule has 1 aliphatic rings. The largest absolute Gasteiger partial charge is 0.319 e. The summed E-state index contributed by atoms with van der Waals surface area (Å²) in [4.78, 5) is 17.4. The number of benzene rings is 3. The Balaban J connectivity index is 1.42. The zero-order valence-corrected chi connectivity index (χ0v) is 18.4. The molecule has 1 N–H and O–H groups in total. The average Bonchev–Trinajstić information content (AvgIpc) is 3.44. The van der Waals surface area contributed by atoms with Crippen LogP contribution in [-0.4, -0.2) is 41.4 Å². The van der Waals surface area contributed by atoms with Gasteiger partial charge in [-0.15, -0.1) is 5.10 Å². The summed E-state index contributed by atoms with van der Waals surface area (Å²) in [6, 6.07) is 25.8. The Morgan fingerprint density at radius 1 is 0.848 bits per heavy atom. The monoisotopic (exact) mass is 459 g/mol. The summed E-state index contributed by atoms with van der Waals surface area (Å²) in [6.07, 6.45) is 0.611. The molecule has 1 aromatic heterocycles. The second kappa shape index (κ2) is 8.51. The van der Waals surface area contributed by atoms with Gasteiger partial charge in [-0.2, -0.15) is 0 Å². The van der Waals surface area contributed by atoms with Gasteiger partial charge in [-0.05, 0) is 42.8 Å². The Morgan fingerprint density at radius 3 is 2.15 bits per heavy atom. The molecule has 0 atom stereocenters. The summed E-state index contributed by atoms with van der Waals surface area (Å²) in [5, 5.41) is 7.25. The third-order valence-corrected chi connectivity index (χ3v) is 7.22. The lowest BCUT2D eigenvalue weighted by Crippen LogP contribution is -2.25. The summed E-state index contributed by atoms with van der Waals surface area (Å²) in [6.45, 7) is 0.469. The van der Waals surface area contributed by atoms with Gasteiger partial charge in [0.15, 0.2) is 5.82 Å². The predicted molar refractivity (Wildman–Crippen MR) is 127 cm³/mol. The highest BCUT2D eigenvalue weighted by Gasteiger charge is 2.28. The number of nitrogens with zero attached hydrogens (tertiary/aromatic N) is 4. The van der Waals surface area contributed by atoms with E-state index in [1.54, 1.807) is 28.9 Å². The smallest absolute Gasteiger partial charge is 0.295 e.